The Balaban J connectivity index is 2.07. The second-order valence-corrected chi connectivity index (χ2v) is 5.68. The molecule has 1 aromatic heterocycles. The zero-order valence-corrected chi connectivity index (χ0v) is 12.8. The lowest BCUT2D eigenvalue weighted by molar-refractivity contribution is 0.0476. The Morgan fingerprint density at radius 1 is 1.19 bits per heavy atom. The van der Waals surface area contributed by atoms with E-state index in [-0.39, 0.29) is 6.61 Å². The van der Waals surface area contributed by atoms with E-state index in [0.29, 0.717) is 11.1 Å². The van der Waals surface area contributed by atoms with E-state index in [1.165, 1.54) is 24.5 Å². The van der Waals surface area contributed by atoms with Crippen molar-refractivity contribution in [2.45, 2.75) is 20.5 Å². The third-order valence-electron chi connectivity index (χ3n) is 2.85. The van der Waals surface area contributed by atoms with Crippen molar-refractivity contribution in [3.05, 3.63) is 51.0 Å². The molecular weight excluding hydrogens is 290 g/mol. The second-order valence-electron chi connectivity index (χ2n) is 4.39. The average molecular weight is 305 g/mol. The van der Waals surface area contributed by atoms with Gasteiger partial charge >= 0.3 is 11.9 Å². The molecule has 0 N–H and O–H groups in total. The third kappa shape index (κ3) is 3.66. The molecule has 1 aromatic carbocycles. The van der Waals surface area contributed by atoms with E-state index < -0.39 is 11.9 Å². The quantitative estimate of drug-likeness (QED) is 0.813. The summed E-state index contributed by atoms with van der Waals surface area (Å²) >= 11 is 1.50. The number of thiazole rings is 1. The van der Waals surface area contributed by atoms with Crippen LogP contribution in [0.2, 0.25) is 0 Å². The molecule has 0 atom stereocenters. The van der Waals surface area contributed by atoms with E-state index in [9.17, 15) is 9.59 Å². The van der Waals surface area contributed by atoms with Crippen LogP contribution in [0.15, 0.2) is 24.3 Å². The highest BCUT2D eigenvalue weighted by Gasteiger charge is 2.13. The van der Waals surface area contributed by atoms with Crippen molar-refractivity contribution in [3.63, 3.8) is 0 Å². The number of esters is 2. The van der Waals surface area contributed by atoms with Gasteiger partial charge in [0, 0.05) is 0 Å². The Morgan fingerprint density at radius 2 is 1.86 bits per heavy atom. The van der Waals surface area contributed by atoms with Gasteiger partial charge in [-0.1, -0.05) is 6.07 Å². The molecule has 6 heteroatoms. The van der Waals surface area contributed by atoms with Crippen LogP contribution in [0, 0.1) is 13.8 Å². The molecule has 0 unspecified atom stereocenters. The number of carbonyl (C=O) groups is 2. The molecular formula is C15H15NO4S. The minimum absolute atomic E-state index is 0.179. The van der Waals surface area contributed by atoms with Crippen LogP contribution in [-0.2, 0) is 16.1 Å². The molecule has 0 aliphatic carbocycles. The molecule has 0 aliphatic heterocycles. The van der Waals surface area contributed by atoms with Gasteiger partial charge in [-0.25, -0.2) is 14.6 Å². The summed E-state index contributed by atoms with van der Waals surface area (Å²) in [5.74, 6) is -0.968. The van der Waals surface area contributed by atoms with Gasteiger partial charge in [-0.3, -0.25) is 0 Å². The fourth-order valence-electron chi connectivity index (χ4n) is 1.81. The van der Waals surface area contributed by atoms with Gasteiger partial charge < -0.3 is 9.47 Å². The summed E-state index contributed by atoms with van der Waals surface area (Å²) in [7, 11) is 1.29. The van der Waals surface area contributed by atoms with Crippen LogP contribution >= 0.6 is 11.3 Å². The summed E-state index contributed by atoms with van der Waals surface area (Å²) in [4.78, 5) is 28.6. The topological polar surface area (TPSA) is 65.5 Å². The van der Waals surface area contributed by atoms with Crippen LogP contribution in [0.3, 0.4) is 0 Å². The van der Waals surface area contributed by atoms with Gasteiger partial charge in [0.25, 0.3) is 0 Å². The van der Waals surface area contributed by atoms with Crippen LogP contribution in [0.5, 0.6) is 0 Å². The van der Waals surface area contributed by atoms with Crippen molar-refractivity contribution >= 4 is 23.3 Å². The van der Waals surface area contributed by atoms with Gasteiger partial charge in [-0.15, -0.1) is 11.3 Å². The van der Waals surface area contributed by atoms with E-state index in [4.69, 9.17) is 4.74 Å². The largest absolute Gasteiger partial charge is 0.465 e. The lowest BCUT2D eigenvalue weighted by atomic mass is 10.1. The average Bonchev–Trinajstić information content (AvgIpc) is 2.82. The fourth-order valence-corrected chi connectivity index (χ4v) is 2.66. The normalized spacial score (nSPS) is 10.2. The van der Waals surface area contributed by atoms with Crippen molar-refractivity contribution < 1.29 is 19.1 Å². The first kappa shape index (κ1) is 15.2. The number of aryl methyl sites for hydroxylation is 2. The molecule has 0 fully saturated rings. The number of nitrogens with zero attached hydrogens (tertiary/aromatic N) is 1. The molecule has 2 aromatic rings. The molecule has 110 valence electrons. The number of aromatic nitrogens is 1. The maximum absolute atomic E-state index is 12.0. The molecule has 0 radical (unpaired) electrons. The summed E-state index contributed by atoms with van der Waals surface area (Å²) in [6, 6.07) is 6.25. The lowest BCUT2D eigenvalue weighted by Crippen LogP contribution is -2.08. The lowest BCUT2D eigenvalue weighted by Gasteiger charge is -2.05. The number of hydrogen-bond acceptors (Lipinski definition) is 6. The molecule has 0 bridgehead atoms. The molecule has 0 spiro atoms. The third-order valence-corrected chi connectivity index (χ3v) is 3.90. The molecule has 21 heavy (non-hydrogen) atoms. The van der Waals surface area contributed by atoms with Gasteiger partial charge in [-0.05, 0) is 32.0 Å². The molecule has 5 nitrogen and oxygen atoms in total. The maximum atomic E-state index is 12.0. The number of methoxy groups -OCH3 is 1. The minimum atomic E-state index is -0.487. The van der Waals surface area contributed by atoms with E-state index in [0.717, 1.165) is 15.6 Å². The first-order valence-corrected chi connectivity index (χ1v) is 7.11. The van der Waals surface area contributed by atoms with Crippen molar-refractivity contribution in [3.8, 4) is 0 Å². The van der Waals surface area contributed by atoms with Crippen molar-refractivity contribution in [2.75, 3.05) is 7.11 Å². The molecule has 0 aliphatic rings. The van der Waals surface area contributed by atoms with Crippen LogP contribution < -0.4 is 0 Å². The summed E-state index contributed by atoms with van der Waals surface area (Å²) in [5.41, 5.74) is 1.50. The monoisotopic (exact) mass is 305 g/mol. The van der Waals surface area contributed by atoms with Crippen molar-refractivity contribution in [2.24, 2.45) is 0 Å². The Morgan fingerprint density at radius 3 is 2.43 bits per heavy atom. The number of hydrogen-bond donors (Lipinski definition) is 0. The molecule has 1 heterocycles. The Kier molecular flexibility index (Phi) is 4.70. The first-order chi connectivity index (χ1) is 10.0. The molecule has 0 saturated carbocycles. The number of rotatable bonds is 4. The summed E-state index contributed by atoms with van der Waals surface area (Å²) in [6.07, 6.45) is 0. The van der Waals surface area contributed by atoms with E-state index in [1.54, 1.807) is 18.2 Å². The Bertz CT molecular complexity index is 678. The van der Waals surface area contributed by atoms with Gasteiger partial charge in [-0.2, -0.15) is 0 Å². The molecule has 0 saturated heterocycles. The summed E-state index contributed by atoms with van der Waals surface area (Å²) in [5, 5.41) is 0.936. The second kappa shape index (κ2) is 6.49. The van der Waals surface area contributed by atoms with Crippen LogP contribution in [0.25, 0.3) is 0 Å². The first-order valence-electron chi connectivity index (χ1n) is 6.29. The smallest absolute Gasteiger partial charge is 0.338 e. The number of benzene rings is 1. The predicted octanol–water partition coefficient (Wildman–Crippen LogP) is 2.90. The van der Waals surface area contributed by atoms with Gasteiger partial charge in [0.05, 0.1) is 33.8 Å². The highest BCUT2D eigenvalue weighted by Crippen LogP contribution is 2.18. The van der Waals surface area contributed by atoms with Crippen LogP contribution in [0.4, 0.5) is 0 Å². The van der Waals surface area contributed by atoms with Crippen molar-refractivity contribution in [1.29, 1.82) is 0 Å². The highest BCUT2D eigenvalue weighted by molar-refractivity contribution is 7.11. The highest BCUT2D eigenvalue weighted by atomic mass is 32.1. The minimum Gasteiger partial charge on any atom is -0.465 e. The summed E-state index contributed by atoms with van der Waals surface area (Å²) in [6.45, 7) is 3.96. The Hall–Kier alpha value is -2.21. The Labute approximate surface area is 126 Å². The SMILES string of the molecule is COC(=O)c1cccc(C(=O)OCc2sc(C)nc2C)c1. The van der Waals surface area contributed by atoms with Crippen molar-refractivity contribution in [1.82, 2.24) is 4.98 Å². The zero-order chi connectivity index (χ0) is 15.4. The van der Waals surface area contributed by atoms with Crippen LogP contribution in [0.1, 0.15) is 36.3 Å². The summed E-state index contributed by atoms with van der Waals surface area (Å²) < 4.78 is 9.88. The van der Waals surface area contributed by atoms with Gasteiger partial charge in [0.1, 0.15) is 6.61 Å². The van der Waals surface area contributed by atoms with E-state index in [1.807, 2.05) is 13.8 Å². The van der Waals surface area contributed by atoms with Crippen LogP contribution in [-0.4, -0.2) is 24.0 Å². The number of carbonyl (C=O) groups excluding carboxylic acids is 2. The van der Waals surface area contributed by atoms with E-state index in [2.05, 4.69) is 9.72 Å². The number of ether oxygens (including phenoxy) is 2. The molecule has 0 amide bonds. The molecule has 2 rings (SSSR count). The maximum Gasteiger partial charge on any atom is 0.338 e. The standard InChI is InChI=1S/C15H15NO4S/c1-9-13(21-10(2)16-9)8-20-15(18)12-6-4-5-11(7-12)14(17)19-3/h4-7H,8H2,1-3H3. The zero-order valence-electron chi connectivity index (χ0n) is 12.0. The van der Waals surface area contributed by atoms with E-state index >= 15 is 0 Å². The fraction of sp³-hybridized carbons (Fsp3) is 0.267. The van der Waals surface area contributed by atoms with Gasteiger partial charge in [0.15, 0.2) is 0 Å². The predicted molar refractivity (Wildman–Crippen MR) is 78.5 cm³/mol. The van der Waals surface area contributed by atoms with Gasteiger partial charge in [0.2, 0.25) is 0 Å².